The maximum Gasteiger partial charge on any atom is 0.128 e. The Morgan fingerprint density at radius 1 is 1.44 bits per heavy atom. The summed E-state index contributed by atoms with van der Waals surface area (Å²) in [5.41, 5.74) is 0.190. The first-order valence-electron chi connectivity index (χ1n) is 3.08. The van der Waals surface area contributed by atoms with Gasteiger partial charge in [-0.1, -0.05) is 5.41 Å². The third kappa shape index (κ3) is 0.849. The van der Waals surface area contributed by atoms with Crippen LogP contribution in [0.1, 0.15) is 26.2 Å². The maximum absolute atomic E-state index is 10.8. The van der Waals surface area contributed by atoms with Crippen LogP contribution < -0.4 is 0 Å². The molecule has 3 fully saturated rings. The minimum absolute atomic E-state index is 0. The van der Waals surface area contributed by atoms with Crippen molar-refractivity contribution in [3.8, 4) is 0 Å². The van der Waals surface area contributed by atoms with Gasteiger partial charge in [-0.05, 0) is 6.92 Å². The minimum Gasteiger partial charge on any atom is -0.311 e. The predicted molar refractivity (Wildman–Crippen MR) is 30.2 cm³/mol. The molecule has 0 atom stereocenters. The molecule has 3 rings (SSSR count). The van der Waals surface area contributed by atoms with Crippen LogP contribution in [0.25, 0.3) is 0 Å². The first-order valence-corrected chi connectivity index (χ1v) is 3.08. The third-order valence-electron chi connectivity index (χ3n) is 2.51. The molecule has 3 aliphatic rings. The molecule has 0 saturated heterocycles. The van der Waals surface area contributed by atoms with E-state index < -0.39 is 0 Å². The predicted octanol–water partition coefficient (Wildman–Crippen LogP) is 1.33. The SMILES string of the molecule is CC(=O)C12C[C-](C1)C2.[Y]. The normalized spacial score (nSPS) is 27.2. The smallest absolute Gasteiger partial charge is 0.128 e. The molecule has 3 saturated carbocycles. The topological polar surface area (TPSA) is 17.1 Å². The molecule has 47 valence electrons. The van der Waals surface area contributed by atoms with Gasteiger partial charge in [-0.25, -0.2) is 0 Å². The van der Waals surface area contributed by atoms with Crippen molar-refractivity contribution in [2.75, 3.05) is 0 Å². The van der Waals surface area contributed by atoms with Gasteiger partial charge in [0.2, 0.25) is 0 Å². The number of hydrogen-bond acceptors (Lipinski definition) is 1. The van der Waals surface area contributed by atoms with Gasteiger partial charge in [-0.3, -0.25) is 4.79 Å². The van der Waals surface area contributed by atoms with E-state index in [1.54, 1.807) is 12.8 Å². The molecule has 3 aliphatic carbocycles. The Hall–Kier alpha value is 0.774. The Labute approximate surface area is 80.5 Å². The molecule has 0 spiro atoms. The number of ketones is 1. The van der Waals surface area contributed by atoms with Crippen molar-refractivity contribution >= 4 is 5.78 Å². The summed E-state index contributed by atoms with van der Waals surface area (Å²) >= 11 is 0. The van der Waals surface area contributed by atoms with Gasteiger partial charge < -0.3 is 5.92 Å². The van der Waals surface area contributed by atoms with E-state index in [1.165, 1.54) is 0 Å². The standard InChI is InChI=1S/C7H9O.Y/c1-5(8)7-2-6(3-7)4-7;/h2-4H2,1H3;/q-1;. The summed E-state index contributed by atoms with van der Waals surface area (Å²) in [6, 6.07) is 0. The second-order valence-electron chi connectivity index (χ2n) is 3.12. The molecule has 0 N–H and O–H groups in total. The molecular weight excluding hydrogens is 189 g/mol. The van der Waals surface area contributed by atoms with E-state index in [-0.39, 0.29) is 38.1 Å². The van der Waals surface area contributed by atoms with Crippen LogP contribution in [-0.4, -0.2) is 5.78 Å². The summed E-state index contributed by atoms with van der Waals surface area (Å²) in [5.74, 6) is 2.02. The number of carbonyl (C=O) groups is 1. The van der Waals surface area contributed by atoms with Crippen molar-refractivity contribution in [1.82, 2.24) is 0 Å². The van der Waals surface area contributed by atoms with Crippen LogP contribution in [0.2, 0.25) is 0 Å². The van der Waals surface area contributed by atoms with Crippen molar-refractivity contribution in [2.45, 2.75) is 26.2 Å². The van der Waals surface area contributed by atoms with E-state index >= 15 is 0 Å². The molecule has 0 aromatic heterocycles. The van der Waals surface area contributed by atoms with E-state index in [2.05, 4.69) is 0 Å². The molecule has 1 radical (unpaired) electrons. The van der Waals surface area contributed by atoms with Gasteiger partial charge in [-0.15, -0.1) is 0 Å². The zero-order chi connectivity index (χ0) is 5.78. The Morgan fingerprint density at radius 3 is 1.89 bits per heavy atom. The van der Waals surface area contributed by atoms with Crippen LogP contribution in [0.3, 0.4) is 0 Å². The van der Waals surface area contributed by atoms with Gasteiger partial charge in [0, 0.05) is 32.7 Å². The van der Waals surface area contributed by atoms with Crippen molar-refractivity contribution in [3.05, 3.63) is 5.92 Å². The molecule has 1 nitrogen and oxygen atoms in total. The van der Waals surface area contributed by atoms with E-state index in [0.29, 0.717) is 5.78 Å². The second-order valence-corrected chi connectivity index (χ2v) is 3.12. The summed E-state index contributed by atoms with van der Waals surface area (Å²) in [6.07, 6.45) is 3.38. The molecule has 0 aromatic carbocycles. The summed E-state index contributed by atoms with van der Waals surface area (Å²) in [4.78, 5) is 10.8. The van der Waals surface area contributed by atoms with Gasteiger partial charge in [-0.2, -0.15) is 19.3 Å². The quantitative estimate of drug-likeness (QED) is 0.581. The number of Topliss-reactive ketones (excluding diaryl/α,β-unsaturated/α-hetero) is 1. The Balaban J connectivity index is 0.000000405. The average Bonchev–Trinajstić information content (AvgIpc) is 1.16. The summed E-state index contributed by atoms with van der Waals surface area (Å²) in [5, 5.41) is 0. The Kier molecular flexibility index (Phi) is 1.86. The summed E-state index contributed by atoms with van der Waals surface area (Å²) in [6.45, 7) is 1.72. The van der Waals surface area contributed by atoms with E-state index in [0.717, 1.165) is 19.3 Å². The van der Waals surface area contributed by atoms with Gasteiger partial charge in [0.1, 0.15) is 5.78 Å². The molecular formula is C7H9OY-. The van der Waals surface area contributed by atoms with Gasteiger partial charge in [0.05, 0.1) is 0 Å². The summed E-state index contributed by atoms with van der Waals surface area (Å²) < 4.78 is 0. The van der Waals surface area contributed by atoms with Crippen LogP contribution in [0.15, 0.2) is 0 Å². The first kappa shape index (κ1) is 7.88. The van der Waals surface area contributed by atoms with Crippen LogP contribution in [0.5, 0.6) is 0 Å². The summed E-state index contributed by atoms with van der Waals surface area (Å²) in [7, 11) is 0. The molecule has 2 heteroatoms. The Morgan fingerprint density at radius 2 is 1.89 bits per heavy atom. The largest absolute Gasteiger partial charge is 0.311 e. The number of carbonyl (C=O) groups excluding carboxylic acids is 1. The van der Waals surface area contributed by atoms with Crippen LogP contribution in [0.4, 0.5) is 0 Å². The zero-order valence-electron chi connectivity index (χ0n) is 5.61. The second kappa shape index (κ2) is 2.13. The molecule has 0 unspecified atom stereocenters. The molecule has 9 heavy (non-hydrogen) atoms. The zero-order valence-corrected chi connectivity index (χ0v) is 8.45. The van der Waals surface area contributed by atoms with Crippen LogP contribution in [0, 0.1) is 11.3 Å². The van der Waals surface area contributed by atoms with Gasteiger partial charge in [0.25, 0.3) is 0 Å². The van der Waals surface area contributed by atoms with Crippen LogP contribution in [-0.2, 0) is 37.5 Å². The molecule has 0 aliphatic heterocycles. The number of rotatable bonds is 1. The number of hydrogen-bond donors (Lipinski definition) is 0. The van der Waals surface area contributed by atoms with E-state index in [9.17, 15) is 4.79 Å². The fourth-order valence-electron chi connectivity index (χ4n) is 1.65. The van der Waals surface area contributed by atoms with Crippen molar-refractivity contribution in [3.63, 3.8) is 0 Å². The Bertz CT molecular complexity index is 136. The van der Waals surface area contributed by atoms with Gasteiger partial charge in [0.15, 0.2) is 0 Å². The van der Waals surface area contributed by atoms with Crippen LogP contribution >= 0.6 is 0 Å². The molecule has 0 amide bonds. The molecule has 0 aromatic rings. The van der Waals surface area contributed by atoms with Gasteiger partial charge >= 0.3 is 0 Å². The average molecular weight is 198 g/mol. The van der Waals surface area contributed by atoms with E-state index in [1.807, 2.05) is 0 Å². The maximum atomic E-state index is 10.8. The monoisotopic (exact) mass is 198 g/mol. The fourth-order valence-corrected chi connectivity index (χ4v) is 1.65. The minimum atomic E-state index is 0. The van der Waals surface area contributed by atoms with Crippen molar-refractivity contribution in [1.29, 1.82) is 0 Å². The first-order chi connectivity index (χ1) is 3.73. The third-order valence-corrected chi connectivity index (χ3v) is 2.51. The van der Waals surface area contributed by atoms with Crippen molar-refractivity contribution in [2.24, 2.45) is 5.41 Å². The molecule has 0 heterocycles. The fraction of sp³-hybridized carbons (Fsp3) is 0.714. The molecule has 2 bridgehead atoms. The van der Waals surface area contributed by atoms with E-state index in [4.69, 9.17) is 0 Å². The van der Waals surface area contributed by atoms with Crippen molar-refractivity contribution < 1.29 is 37.5 Å².